The molecule has 0 fully saturated rings. The highest BCUT2D eigenvalue weighted by atomic mass is 19.1. The Bertz CT molecular complexity index is 455. The van der Waals surface area contributed by atoms with Gasteiger partial charge in [0.25, 0.3) is 0 Å². The number of esters is 1. The van der Waals surface area contributed by atoms with Crippen LogP contribution in [0, 0.1) is 11.2 Å². The topological polar surface area (TPSA) is 55.8 Å². The fourth-order valence-electron chi connectivity index (χ4n) is 1.57. The number of halogens is 1. The standard InChI is InChI=1S/C14H19FO4/c1-9(16)11-6-5-10(15)7-12(11)19-8-14(2,3)13(17)18-4/h5-7,9,16H,8H2,1-4H3/t9-/m1/s1. The van der Waals surface area contributed by atoms with E-state index >= 15 is 0 Å². The van der Waals surface area contributed by atoms with Gasteiger partial charge in [0.1, 0.15) is 18.2 Å². The summed E-state index contributed by atoms with van der Waals surface area (Å²) in [6, 6.07) is 3.90. The lowest BCUT2D eigenvalue weighted by atomic mass is 9.95. The summed E-state index contributed by atoms with van der Waals surface area (Å²) in [5.41, 5.74) is -0.376. The number of aliphatic hydroxyl groups excluding tert-OH is 1. The van der Waals surface area contributed by atoms with Gasteiger partial charge in [-0.2, -0.15) is 0 Å². The fraction of sp³-hybridized carbons (Fsp3) is 0.500. The lowest BCUT2D eigenvalue weighted by Crippen LogP contribution is -2.32. The lowest BCUT2D eigenvalue weighted by molar-refractivity contribution is -0.152. The largest absolute Gasteiger partial charge is 0.492 e. The first-order valence-electron chi connectivity index (χ1n) is 5.96. The first-order chi connectivity index (χ1) is 8.77. The Morgan fingerprint density at radius 2 is 2.11 bits per heavy atom. The number of ether oxygens (including phenoxy) is 2. The van der Waals surface area contributed by atoms with Crippen LogP contribution in [0.3, 0.4) is 0 Å². The van der Waals surface area contributed by atoms with Gasteiger partial charge in [-0.05, 0) is 32.9 Å². The second-order valence-corrected chi connectivity index (χ2v) is 5.02. The molecule has 5 heteroatoms. The predicted molar refractivity (Wildman–Crippen MR) is 68.3 cm³/mol. The SMILES string of the molecule is COC(=O)C(C)(C)COc1cc(F)ccc1[C@@H](C)O. The third-order valence-electron chi connectivity index (χ3n) is 2.75. The zero-order chi connectivity index (χ0) is 14.6. The first kappa shape index (κ1) is 15.4. The molecule has 0 aromatic heterocycles. The van der Waals surface area contributed by atoms with Gasteiger partial charge in [-0.3, -0.25) is 4.79 Å². The van der Waals surface area contributed by atoms with Crippen molar-refractivity contribution in [1.82, 2.24) is 0 Å². The highest BCUT2D eigenvalue weighted by Crippen LogP contribution is 2.28. The number of hydrogen-bond donors (Lipinski definition) is 1. The summed E-state index contributed by atoms with van der Waals surface area (Å²) in [6.45, 7) is 4.93. The predicted octanol–water partition coefficient (Wildman–Crippen LogP) is 2.46. The summed E-state index contributed by atoms with van der Waals surface area (Å²) >= 11 is 0. The third-order valence-corrected chi connectivity index (χ3v) is 2.75. The smallest absolute Gasteiger partial charge is 0.314 e. The van der Waals surface area contributed by atoms with E-state index in [0.29, 0.717) is 5.56 Å². The van der Waals surface area contributed by atoms with Crippen LogP contribution in [0.2, 0.25) is 0 Å². The average molecular weight is 270 g/mol. The van der Waals surface area contributed by atoms with Gasteiger partial charge in [0.2, 0.25) is 0 Å². The van der Waals surface area contributed by atoms with Crippen molar-refractivity contribution >= 4 is 5.97 Å². The Hall–Kier alpha value is -1.62. The van der Waals surface area contributed by atoms with Crippen molar-refractivity contribution in [3.63, 3.8) is 0 Å². The Balaban J connectivity index is 2.88. The van der Waals surface area contributed by atoms with Crippen LogP contribution in [0.1, 0.15) is 32.4 Å². The maximum atomic E-state index is 13.2. The minimum absolute atomic E-state index is 0.0306. The summed E-state index contributed by atoms with van der Waals surface area (Å²) in [5, 5.41) is 9.59. The van der Waals surface area contributed by atoms with Crippen molar-refractivity contribution < 1.29 is 23.8 Å². The molecule has 1 atom stereocenters. The summed E-state index contributed by atoms with van der Waals surface area (Å²) in [7, 11) is 1.30. The van der Waals surface area contributed by atoms with Gasteiger partial charge in [0.05, 0.1) is 18.6 Å². The highest BCUT2D eigenvalue weighted by molar-refractivity contribution is 5.75. The summed E-state index contributed by atoms with van der Waals surface area (Å²) in [4.78, 5) is 11.5. The van der Waals surface area contributed by atoms with E-state index in [-0.39, 0.29) is 12.4 Å². The number of methoxy groups -OCH3 is 1. The van der Waals surface area contributed by atoms with Gasteiger partial charge in [-0.1, -0.05) is 0 Å². The molecule has 0 saturated carbocycles. The van der Waals surface area contributed by atoms with Gasteiger partial charge < -0.3 is 14.6 Å². The molecule has 0 radical (unpaired) electrons. The van der Waals surface area contributed by atoms with Crippen molar-refractivity contribution in [2.24, 2.45) is 5.41 Å². The van der Waals surface area contributed by atoms with Crippen LogP contribution in [0.4, 0.5) is 4.39 Å². The molecule has 1 aromatic rings. The van der Waals surface area contributed by atoms with Gasteiger partial charge in [0, 0.05) is 11.6 Å². The Morgan fingerprint density at radius 3 is 2.63 bits per heavy atom. The monoisotopic (exact) mass is 270 g/mol. The van der Waals surface area contributed by atoms with Crippen LogP contribution in [0.15, 0.2) is 18.2 Å². The molecule has 4 nitrogen and oxygen atoms in total. The van der Waals surface area contributed by atoms with E-state index in [1.165, 1.54) is 25.3 Å². The zero-order valence-electron chi connectivity index (χ0n) is 11.6. The molecule has 0 amide bonds. The number of hydrogen-bond acceptors (Lipinski definition) is 4. The van der Waals surface area contributed by atoms with Gasteiger partial charge >= 0.3 is 5.97 Å². The molecule has 1 aromatic carbocycles. The van der Waals surface area contributed by atoms with E-state index in [2.05, 4.69) is 4.74 Å². The van der Waals surface area contributed by atoms with E-state index < -0.39 is 23.3 Å². The molecule has 0 unspecified atom stereocenters. The maximum absolute atomic E-state index is 13.2. The number of carbonyl (C=O) groups is 1. The van der Waals surface area contributed by atoms with Gasteiger partial charge in [-0.15, -0.1) is 0 Å². The van der Waals surface area contributed by atoms with E-state index in [1.807, 2.05) is 0 Å². The molecule has 1 N–H and O–H groups in total. The zero-order valence-corrected chi connectivity index (χ0v) is 11.6. The molecule has 0 aliphatic heterocycles. The molecule has 0 saturated heterocycles. The van der Waals surface area contributed by atoms with E-state index in [0.717, 1.165) is 0 Å². The van der Waals surface area contributed by atoms with E-state index in [9.17, 15) is 14.3 Å². The van der Waals surface area contributed by atoms with Gasteiger partial charge in [-0.25, -0.2) is 4.39 Å². The molecular weight excluding hydrogens is 251 g/mol. The Morgan fingerprint density at radius 1 is 1.47 bits per heavy atom. The second kappa shape index (κ2) is 6.02. The maximum Gasteiger partial charge on any atom is 0.314 e. The Kier molecular flexibility index (Phi) is 4.89. The van der Waals surface area contributed by atoms with Crippen LogP contribution in [-0.2, 0) is 9.53 Å². The summed E-state index contributed by atoms with van der Waals surface area (Å²) < 4.78 is 23.3. The van der Waals surface area contributed by atoms with Crippen LogP contribution in [-0.4, -0.2) is 24.8 Å². The number of benzene rings is 1. The molecule has 19 heavy (non-hydrogen) atoms. The highest BCUT2D eigenvalue weighted by Gasteiger charge is 2.30. The molecule has 0 heterocycles. The van der Waals surface area contributed by atoms with Crippen molar-refractivity contribution in [2.45, 2.75) is 26.9 Å². The summed E-state index contributed by atoms with van der Waals surface area (Å²) in [6.07, 6.45) is -0.781. The first-order valence-corrected chi connectivity index (χ1v) is 5.96. The van der Waals surface area contributed by atoms with Gasteiger partial charge in [0.15, 0.2) is 0 Å². The van der Waals surface area contributed by atoms with Crippen LogP contribution >= 0.6 is 0 Å². The third kappa shape index (κ3) is 3.92. The molecule has 0 aliphatic carbocycles. The number of carbonyl (C=O) groups excluding carboxylic acids is 1. The second-order valence-electron chi connectivity index (χ2n) is 5.02. The van der Waals surface area contributed by atoms with Crippen LogP contribution in [0.5, 0.6) is 5.75 Å². The molecule has 0 bridgehead atoms. The molecule has 0 aliphatic rings. The molecular formula is C14H19FO4. The van der Waals surface area contributed by atoms with E-state index in [1.54, 1.807) is 20.8 Å². The van der Waals surface area contributed by atoms with E-state index in [4.69, 9.17) is 4.74 Å². The number of aliphatic hydroxyl groups is 1. The average Bonchev–Trinajstić information content (AvgIpc) is 2.35. The van der Waals surface area contributed by atoms with Crippen molar-refractivity contribution in [3.05, 3.63) is 29.6 Å². The normalized spacial score (nSPS) is 12.9. The minimum atomic E-state index is -0.850. The van der Waals surface area contributed by atoms with Crippen molar-refractivity contribution in [2.75, 3.05) is 13.7 Å². The fourth-order valence-corrected chi connectivity index (χ4v) is 1.57. The summed E-state index contributed by atoms with van der Waals surface area (Å²) in [5.74, 6) is -0.648. The lowest BCUT2D eigenvalue weighted by Gasteiger charge is -2.23. The molecule has 106 valence electrons. The Labute approximate surface area is 112 Å². The van der Waals surface area contributed by atoms with Crippen molar-refractivity contribution in [1.29, 1.82) is 0 Å². The quantitative estimate of drug-likeness (QED) is 0.835. The molecule has 1 rings (SSSR count). The number of rotatable bonds is 5. The minimum Gasteiger partial charge on any atom is -0.492 e. The molecule has 0 spiro atoms. The van der Waals surface area contributed by atoms with Crippen molar-refractivity contribution in [3.8, 4) is 5.75 Å². The van der Waals surface area contributed by atoms with Crippen LogP contribution in [0.25, 0.3) is 0 Å². The van der Waals surface area contributed by atoms with Crippen LogP contribution < -0.4 is 4.74 Å².